The van der Waals surface area contributed by atoms with Gasteiger partial charge in [-0.05, 0) is 61.8 Å². The molecule has 140 valence electrons. The summed E-state index contributed by atoms with van der Waals surface area (Å²) in [7, 11) is 0. The highest BCUT2D eigenvalue weighted by atomic mass is 35.5. The van der Waals surface area contributed by atoms with Crippen LogP contribution < -0.4 is 0 Å². The van der Waals surface area contributed by atoms with Crippen molar-refractivity contribution in [2.45, 2.75) is 44.2 Å². The molecule has 2 aliphatic rings. The summed E-state index contributed by atoms with van der Waals surface area (Å²) in [5.74, 6) is 0.748. The molecule has 1 aromatic carbocycles. The van der Waals surface area contributed by atoms with Gasteiger partial charge < -0.3 is 4.90 Å². The monoisotopic (exact) mass is 372 g/mol. The number of carbonyl (C=O) groups excluding carboxylic acids is 1. The van der Waals surface area contributed by atoms with Crippen molar-refractivity contribution in [1.82, 2.24) is 9.80 Å². The molecule has 1 amide bonds. The van der Waals surface area contributed by atoms with Crippen molar-refractivity contribution < 1.29 is 4.79 Å². The van der Waals surface area contributed by atoms with Crippen molar-refractivity contribution in [2.75, 3.05) is 19.6 Å². The first-order chi connectivity index (χ1) is 12.6. The zero-order valence-corrected chi connectivity index (χ0v) is 16.3. The van der Waals surface area contributed by atoms with E-state index < -0.39 is 0 Å². The van der Waals surface area contributed by atoms with E-state index in [4.69, 9.17) is 11.6 Å². The summed E-state index contributed by atoms with van der Waals surface area (Å²) in [6, 6.07) is 8.08. The molecule has 3 nitrogen and oxygen atoms in total. The van der Waals surface area contributed by atoms with Crippen LogP contribution >= 0.6 is 11.6 Å². The predicted octanol–water partition coefficient (Wildman–Crippen LogP) is 4.68. The summed E-state index contributed by atoms with van der Waals surface area (Å²) in [6.45, 7) is 11.5. The largest absolute Gasteiger partial charge is 0.333 e. The molecule has 1 saturated carbocycles. The topological polar surface area (TPSA) is 23.6 Å². The Balaban J connectivity index is 1.68. The van der Waals surface area contributed by atoms with Gasteiger partial charge in [0, 0.05) is 36.7 Å². The number of carbonyl (C=O) groups is 1. The molecule has 0 radical (unpaired) electrons. The lowest BCUT2D eigenvalue weighted by molar-refractivity contribution is -0.135. The van der Waals surface area contributed by atoms with Gasteiger partial charge in [-0.3, -0.25) is 9.69 Å². The summed E-state index contributed by atoms with van der Waals surface area (Å²) in [4.78, 5) is 17.2. The first-order valence-corrected chi connectivity index (χ1v) is 9.96. The van der Waals surface area contributed by atoms with Crippen LogP contribution in [0.5, 0.6) is 0 Å². The molecule has 0 bridgehead atoms. The van der Waals surface area contributed by atoms with Crippen LogP contribution in [-0.4, -0.2) is 40.9 Å². The highest BCUT2D eigenvalue weighted by molar-refractivity contribution is 6.30. The maximum atomic E-state index is 12.6. The zero-order chi connectivity index (χ0) is 18.6. The standard InChI is InChI=1S/C22H29ClN2O/c1-3-11-22(25(21(26)4-2)17-19-5-6-19)12-14-24(15-13-22)16-18-7-9-20(23)10-8-18/h3-4,7-10,19H,1-2,5-6,11-17H2. The van der Waals surface area contributed by atoms with Crippen LogP contribution in [0.2, 0.25) is 5.02 Å². The highest BCUT2D eigenvalue weighted by Crippen LogP contribution is 2.38. The van der Waals surface area contributed by atoms with Gasteiger partial charge in [0.2, 0.25) is 5.91 Å². The molecule has 1 saturated heterocycles. The Bertz CT molecular complexity index is 643. The maximum absolute atomic E-state index is 12.6. The van der Waals surface area contributed by atoms with Gasteiger partial charge in [-0.1, -0.05) is 36.4 Å². The molecule has 2 fully saturated rings. The minimum absolute atomic E-state index is 0.0740. The molecule has 1 aromatic rings. The van der Waals surface area contributed by atoms with Crippen LogP contribution in [0.4, 0.5) is 0 Å². The van der Waals surface area contributed by atoms with E-state index >= 15 is 0 Å². The average molecular weight is 373 g/mol. The molecule has 0 atom stereocenters. The Morgan fingerprint density at radius 2 is 1.88 bits per heavy atom. The number of amides is 1. The van der Waals surface area contributed by atoms with E-state index in [9.17, 15) is 4.79 Å². The lowest BCUT2D eigenvalue weighted by atomic mass is 9.82. The molecule has 0 unspecified atom stereocenters. The molecule has 26 heavy (non-hydrogen) atoms. The first kappa shape index (κ1) is 19.2. The summed E-state index contributed by atoms with van der Waals surface area (Å²) in [5, 5.41) is 0.774. The number of likely N-dealkylation sites (tertiary alicyclic amines) is 1. The molecule has 1 heterocycles. The van der Waals surface area contributed by atoms with Gasteiger partial charge in [-0.15, -0.1) is 6.58 Å². The fraction of sp³-hybridized carbons (Fsp3) is 0.500. The Morgan fingerprint density at radius 3 is 2.42 bits per heavy atom. The Morgan fingerprint density at radius 1 is 1.23 bits per heavy atom. The summed E-state index contributed by atoms with van der Waals surface area (Å²) >= 11 is 5.98. The van der Waals surface area contributed by atoms with Crippen molar-refractivity contribution in [1.29, 1.82) is 0 Å². The third-order valence-corrected chi connectivity index (χ3v) is 6.03. The van der Waals surface area contributed by atoms with Crippen molar-refractivity contribution >= 4 is 17.5 Å². The summed E-state index contributed by atoms with van der Waals surface area (Å²) < 4.78 is 0. The van der Waals surface area contributed by atoms with Crippen molar-refractivity contribution in [2.24, 2.45) is 5.92 Å². The van der Waals surface area contributed by atoms with E-state index in [1.807, 2.05) is 18.2 Å². The number of hydrogen-bond donors (Lipinski definition) is 0. The molecule has 4 heteroatoms. The molecule has 3 rings (SSSR count). The van der Waals surface area contributed by atoms with Crippen LogP contribution in [0.3, 0.4) is 0 Å². The quantitative estimate of drug-likeness (QED) is 0.488. The van der Waals surface area contributed by atoms with Crippen LogP contribution in [0.15, 0.2) is 49.6 Å². The van der Waals surface area contributed by atoms with Gasteiger partial charge in [0.15, 0.2) is 0 Å². The second-order valence-corrected chi connectivity index (χ2v) is 8.15. The zero-order valence-electron chi connectivity index (χ0n) is 15.5. The van der Waals surface area contributed by atoms with Gasteiger partial charge >= 0.3 is 0 Å². The first-order valence-electron chi connectivity index (χ1n) is 9.58. The van der Waals surface area contributed by atoms with E-state index in [0.717, 1.165) is 50.5 Å². The van der Waals surface area contributed by atoms with Crippen molar-refractivity contribution in [3.05, 3.63) is 60.2 Å². The molecule has 1 aliphatic heterocycles. The predicted molar refractivity (Wildman–Crippen MR) is 108 cm³/mol. The van der Waals surface area contributed by atoms with Crippen LogP contribution in [0.1, 0.15) is 37.7 Å². The molecular formula is C22H29ClN2O. The van der Waals surface area contributed by atoms with E-state index in [0.29, 0.717) is 5.92 Å². The fourth-order valence-corrected chi connectivity index (χ4v) is 4.14. The smallest absolute Gasteiger partial charge is 0.246 e. The molecule has 0 spiro atoms. The Labute approximate surface area is 162 Å². The van der Waals surface area contributed by atoms with Gasteiger partial charge in [0.1, 0.15) is 0 Å². The summed E-state index contributed by atoms with van der Waals surface area (Å²) in [6.07, 6.45) is 8.77. The summed E-state index contributed by atoms with van der Waals surface area (Å²) in [5.41, 5.74) is 1.18. The molecule has 0 aromatic heterocycles. The van der Waals surface area contributed by atoms with E-state index in [1.54, 1.807) is 0 Å². The number of piperidine rings is 1. The number of rotatable bonds is 8. The average Bonchev–Trinajstić information content (AvgIpc) is 3.47. The number of nitrogens with zero attached hydrogens (tertiary/aromatic N) is 2. The minimum Gasteiger partial charge on any atom is -0.333 e. The Hall–Kier alpha value is -1.58. The van der Waals surface area contributed by atoms with Crippen LogP contribution in [-0.2, 0) is 11.3 Å². The third kappa shape index (κ3) is 4.57. The van der Waals surface area contributed by atoms with Crippen molar-refractivity contribution in [3.63, 3.8) is 0 Å². The van der Waals surface area contributed by atoms with E-state index in [2.05, 4.69) is 35.1 Å². The van der Waals surface area contributed by atoms with Crippen molar-refractivity contribution in [3.8, 4) is 0 Å². The lowest BCUT2D eigenvalue weighted by Crippen LogP contribution is -2.57. The molecule has 0 N–H and O–H groups in total. The number of hydrogen-bond acceptors (Lipinski definition) is 2. The lowest BCUT2D eigenvalue weighted by Gasteiger charge is -2.48. The SMILES string of the molecule is C=CCC1(N(CC2CC2)C(=O)C=C)CCN(Cc2ccc(Cl)cc2)CC1. The second-order valence-electron chi connectivity index (χ2n) is 7.72. The van der Waals surface area contributed by atoms with Gasteiger partial charge in [-0.2, -0.15) is 0 Å². The minimum atomic E-state index is -0.105. The van der Waals surface area contributed by atoms with Gasteiger partial charge in [-0.25, -0.2) is 0 Å². The normalized spacial score (nSPS) is 19.7. The molecule has 1 aliphatic carbocycles. The number of benzene rings is 1. The third-order valence-electron chi connectivity index (χ3n) is 5.78. The maximum Gasteiger partial charge on any atom is 0.246 e. The van der Waals surface area contributed by atoms with E-state index in [-0.39, 0.29) is 11.4 Å². The van der Waals surface area contributed by atoms with Gasteiger partial charge in [0.05, 0.1) is 0 Å². The van der Waals surface area contributed by atoms with Crippen LogP contribution in [0.25, 0.3) is 0 Å². The van der Waals surface area contributed by atoms with Gasteiger partial charge in [0.25, 0.3) is 0 Å². The fourth-order valence-electron chi connectivity index (χ4n) is 4.01. The number of halogens is 1. The van der Waals surface area contributed by atoms with Crippen LogP contribution in [0, 0.1) is 5.92 Å². The Kier molecular flexibility index (Phi) is 6.20. The highest BCUT2D eigenvalue weighted by Gasteiger charge is 2.42. The molecular weight excluding hydrogens is 344 g/mol. The van der Waals surface area contributed by atoms with E-state index in [1.165, 1.54) is 24.5 Å². The second kappa shape index (κ2) is 8.41.